The smallest absolute Gasteiger partial charge is 0.142 e. The summed E-state index contributed by atoms with van der Waals surface area (Å²) in [5, 5.41) is 3.35. The number of para-hydroxylation sites is 2. The zero-order valence-electron chi connectivity index (χ0n) is 15.4. The third-order valence-corrected chi connectivity index (χ3v) is 3.93. The summed E-state index contributed by atoms with van der Waals surface area (Å²) >= 11 is 0. The van der Waals surface area contributed by atoms with Gasteiger partial charge in [0.15, 0.2) is 0 Å². The van der Waals surface area contributed by atoms with Crippen LogP contribution in [0.5, 0.6) is 5.75 Å². The van der Waals surface area contributed by atoms with Crippen LogP contribution in [0.25, 0.3) is 0 Å². The summed E-state index contributed by atoms with van der Waals surface area (Å²) in [5.74, 6) is 3.15. The molecular weight excluding hydrogens is 324 g/mol. The minimum Gasteiger partial charge on any atom is -0.492 e. The van der Waals surface area contributed by atoms with Crippen LogP contribution >= 0.6 is 0 Å². The molecule has 0 fully saturated rings. The van der Waals surface area contributed by atoms with Crippen molar-refractivity contribution < 1.29 is 4.74 Å². The second-order valence-electron chi connectivity index (χ2n) is 6.05. The van der Waals surface area contributed by atoms with Gasteiger partial charge in [0.25, 0.3) is 0 Å². The maximum Gasteiger partial charge on any atom is 0.142 e. The molecule has 0 bridgehead atoms. The molecule has 5 nitrogen and oxygen atoms in total. The van der Waals surface area contributed by atoms with Gasteiger partial charge in [0.05, 0.1) is 12.3 Å². The van der Waals surface area contributed by atoms with Gasteiger partial charge in [0.1, 0.15) is 23.2 Å². The van der Waals surface area contributed by atoms with E-state index in [0.717, 1.165) is 35.4 Å². The molecule has 1 N–H and O–H groups in total. The van der Waals surface area contributed by atoms with Crippen molar-refractivity contribution in [1.29, 1.82) is 0 Å². The lowest BCUT2D eigenvalue weighted by atomic mass is 10.2. The molecule has 0 spiro atoms. The molecule has 0 amide bonds. The first-order valence-corrected chi connectivity index (χ1v) is 8.75. The van der Waals surface area contributed by atoms with E-state index in [0.29, 0.717) is 6.61 Å². The van der Waals surface area contributed by atoms with E-state index >= 15 is 0 Å². The third-order valence-electron chi connectivity index (χ3n) is 3.93. The van der Waals surface area contributed by atoms with Gasteiger partial charge in [-0.1, -0.05) is 42.5 Å². The molecule has 0 atom stereocenters. The molecule has 1 aromatic heterocycles. The van der Waals surface area contributed by atoms with Crippen LogP contribution in [0.2, 0.25) is 0 Å². The Bertz CT molecular complexity index is 852. The van der Waals surface area contributed by atoms with E-state index in [4.69, 9.17) is 4.74 Å². The lowest BCUT2D eigenvalue weighted by Gasteiger charge is -2.20. The largest absolute Gasteiger partial charge is 0.492 e. The van der Waals surface area contributed by atoms with E-state index in [1.165, 1.54) is 5.56 Å². The van der Waals surface area contributed by atoms with Crippen LogP contribution in [0.3, 0.4) is 0 Å². The molecule has 0 radical (unpaired) electrons. The Morgan fingerprint density at radius 1 is 1.00 bits per heavy atom. The van der Waals surface area contributed by atoms with E-state index in [9.17, 15) is 0 Å². The molecule has 3 rings (SSSR count). The van der Waals surface area contributed by atoms with Crippen molar-refractivity contribution >= 4 is 17.3 Å². The molecule has 0 aliphatic carbocycles. The Hall–Kier alpha value is -3.08. The summed E-state index contributed by atoms with van der Waals surface area (Å²) in [6.07, 6.45) is 0. The van der Waals surface area contributed by atoms with Crippen molar-refractivity contribution in [3.05, 3.63) is 72.1 Å². The highest BCUT2D eigenvalue weighted by molar-refractivity contribution is 5.65. The van der Waals surface area contributed by atoms with Crippen LogP contribution in [0.15, 0.2) is 60.7 Å². The molecule has 0 unspecified atom stereocenters. The Morgan fingerprint density at radius 2 is 1.73 bits per heavy atom. The molecule has 0 saturated heterocycles. The monoisotopic (exact) mass is 348 g/mol. The highest BCUT2D eigenvalue weighted by Gasteiger charge is 2.09. The topological polar surface area (TPSA) is 50.3 Å². The standard InChI is InChI=1S/C21H24N4O/c1-4-26-19-13-9-8-12-18(19)24-20-14-21(23-16(2)22-20)25(3)15-17-10-6-5-7-11-17/h5-14H,4,15H2,1-3H3,(H,22,23,24). The summed E-state index contributed by atoms with van der Waals surface area (Å²) in [6, 6.07) is 20.2. The summed E-state index contributed by atoms with van der Waals surface area (Å²) < 4.78 is 5.68. The summed E-state index contributed by atoms with van der Waals surface area (Å²) in [6.45, 7) is 5.28. The third kappa shape index (κ3) is 4.51. The molecule has 0 saturated carbocycles. The maximum absolute atomic E-state index is 5.68. The zero-order chi connectivity index (χ0) is 18.4. The van der Waals surface area contributed by atoms with Gasteiger partial charge in [0, 0.05) is 19.7 Å². The fraction of sp³-hybridized carbons (Fsp3) is 0.238. The Labute approximate surface area is 154 Å². The van der Waals surface area contributed by atoms with Crippen molar-refractivity contribution in [3.63, 3.8) is 0 Å². The first-order chi connectivity index (χ1) is 12.7. The van der Waals surface area contributed by atoms with Gasteiger partial charge in [-0.3, -0.25) is 0 Å². The number of aryl methyl sites for hydroxylation is 1. The number of nitrogens with zero attached hydrogens (tertiary/aromatic N) is 3. The molecule has 0 aliphatic heterocycles. The first kappa shape index (κ1) is 17.7. The highest BCUT2D eigenvalue weighted by atomic mass is 16.5. The van der Waals surface area contributed by atoms with Crippen molar-refractivity contribution in [2.24, 2.45) is 0 Å². The van der Waals surface area contributed by atoms with Crippen molar-refractivity contribution in [1.82, 2.24) is 9.97 Å². The molecule has 134 valence electrons. The average molecular weight is 348 g/mol. The van der Waals surface area contributed by atoms with Gasteiger partial charge in [-0.25, -0.2) is 9.97 Å². The van der Waals surface area contributed by atoms with Crippen molar-refractivity contribution in [3.8, 4) is 5.75 Å². The van der Waals surface area contributed by atoms with Crippen LogP contribution < -0.4 is 15.0 Å². The highest BCUT2D eigenvalue weighted by Crippen LogP contribution is 2.28. The fourth-order valence-corrected chi connectivity index (χ4v) is 2.74. The van der Waals surface area contributed by atoms with Crippen LogP contribution in [0.1, 0.15) is 18.3 Å². The van der Waals surface area contributed by atoms with Crippen LogP contribution in [-0.4, -0.2) is 23.6 Å². The first-order valence-electron chi connectivity index (χ1n) is 8.75. The molecule has 0 aliphatic rings. The lowest BCUT2D eigenvalue weighted by molar-refractivity contribution is 0.342. The number of anilines is 3. The van der Waals surface area contributed by atoms with Gasteiger partial charge in [0.2, 0.25) is 0 Å². The van der Waals surface area contributed by atoms with Crippen molar-refractivity contribution in [2.45, 2.75) is 20.4 Å². The SMILES string of the molecule is CCOc1ccccc1Nc1cc(N(C)Cc2ccccc2)nc(C)n1. The molecular formula is C21H24N4O. The molecule has 5 heteroatoms. The predicted molar refractivity (Wildman–Crippen MR) is 106 cm³/mol. The van der Waals surface area contributed by atoms with E-state index in [-0.39, 0.29) is 0 Å². The number of hydrogen-bond acceptors (Lipinski definition) is 5. The number of rotatable bonds is 7. The fourth-order valence-electron chi connectivity index (χ4n) is 2.74. The van der Waals surface area contributed by atoms with Crippen LogP contribution in [0.4, 0.5) is 17.3 Å². The van der Waals surface area contributed by atoms with E-state index in [2.05, 4.69) is 32.3 Å². The van der Waals surface area contributed by atoms with Gasteiger partial charge < -0.3 is 15.0 Å². The molecule has 26 heavy (non-hydrogen) atoms. The summed E-state index contributed by atoms with van der Waals surface area (Å²) in [7, 11) is 2.03. The zero-order valence-corrected chi connectivity index (χ0v) is 15.4. The van der Waals surface area contributed by atoms with E-state index < -0.39 is 0 Å². The summed E-state index contributed by atoms with van der Waals surface area (Å²) in [5.41, 5.74) is 2.13. The van der Waals surface area contributed by atoms with E-state index in [1.807, 2.05) is 69.4 Å². The van der Waals surface area contributed by atoms with Crippen molar-refractivity contribution in [2.75, 3.05) is 23.9 Å². The predicted octanol–water partition coefficient (Wildman–Crippen LogP) is 4.56. The minimum atomic E-state index is 0.618. The van der Waals surface area contributed by atoms with E-state index in [1.54, 1.807) is 0 Å². The quantitative estimate of drug-likeness (QED) is 0.678. The number of benzene rings is 2. The average Bonchev–Trinajstić information content (AvgIpc) is 2.64. The van der Waals surface area contributed by atoms with Crippen LogP contribution in [-0.2, 0) is 6.54 Å². The molecule has 1 heterocycles. The summed E-state index contributed by atoms with van der Waals surface area (Å²) in [4.78, 5) is 11.2. The second kappa shape index (κ2) is 8.34. The Balaban J connectivity index is 1.82. The number of hydrogen-bond donors (Lipinski definition) is 1. The van der Waals surface area contributed by atoms with Gasteiger partial charge in [-0.15, -0.1) is 0 Å². The Kier molecular flexibility index (Phi) is 5.69. The molecule has 2 aromatic carbocycles. The number of ether oxygens (including phenoxy) is 1. The van der Waals surface area contributed by atoms with Crippen LogP contribution in [0, 0.1) is 6.92 Å². The van der Waals surface area contributed by atoms with Gasteiger partial charge >= 0.3 is 0 Å². The molecule has 3 aromatic rings. The second-order valence-corrected chi connectivity index (χ2v) is 6.05. The van der Waals surface area contributed by atoms with Gasteiger partial charge in [-0.05, 0) is 31.5 Å². The maximum atomic E-state index is 5.68. The number of aromatic nitrogens is 2. The minimum absolute atomic E-state index is 0.618. The normalized spacial score (nSPS) is 10.4. The number of nitrogens with one attached hydrogen (secondary N) is 1. The lowest BCUT2D eigenvalue weighted by Crippen LogP contribution is -2.18. The van der Waals surface area contributed by atoms with Gasteiger partial charge in [-0.2, -0.15) is 0 Å². The Morgan fingerprint density at radius 3 is 2.50 bits per heavy atom.